The lowest BCUT2D eigenvalue weighted by Crippen LogP contribution is -2.30. The van der Waals surface area contributed by atoms with E-state index in [1.54, 1.807) is 24.3 Å². The predicted molar refractivity (Wildman–Crippen MR) is 121 cm³/mol. The van der Waals surface area contributed by atoms with Crippen molar-refractivity contribution < 1.29 is 19.2 Å². The number of nitrogens with zero attached hydrogens (tertiary/aromatic N) is 2. The fraction of sp³-hybridized carbons (Fsp3) is 0.280. The van der Waals surface area contributed by atoms with Gasteiger partial charge in [-0.25, -0.2) is 0 Å². The molecule has 0 bridgehead atoms. The van der Waals surface area contributed by atoms with Gasteiger partial charge >= 0.3 is 0 Å². The fourth-order valence-corrected chi connectivity index (χ4v) is 4.09. The summed E-state index contributed by atoms with van der Waals surface area (Å²) in [5.41, 5.74) is 2.42. The van der Waals surface area contributed by atoms with E-state index in [0.29, 0.717) is 36.3 Å². The number of para-hydroxylation sites is 1. The predicted octanol–water partition coefficient (Wildman–Crippen LogP) is 3.43. The second-order valence-corrected chi connectivity index (χ2v) is 7.99. The van der Waals surface area contributed by atoms with Crippen molar-refractivity contribution in [1.82, 2.24) is 14.8 Å². The van der Waals surface area contributed by atoms with Crippen molar-refractivity contribution in [2.75, 3.05) is 13.1 Å². The molecule has 1 N–H and O–H groups in total. The summed E-state index contributed by atoms with van der Waals surface area (Å²) in [6.45, 7) is 2.44. The molecule has 164 valence electrons. The first-order valence-electron chi connectivity index (χ1n) is 10.8. The van der Waals surface area contributed by atoms with Crippen LogP contribution in [0.1, 0.15) is 57.4 Å². The Labute approximate surface area is 186 Å². The largest absolute Gasteiger partial charge is 0.344 e. The first-order valence-corrected chi connectivity index (χ1v) is 10.8. The highest BCUT2D eigenvalue weighted by Crippen LogP contribution is 2.24. The van der Waals surface area contributed by atoms with Gasteiger partial charge in [-0.05, 0) is 50.5 Å². The summed E-state index contributed by atoms with van der Waals surface area (Å²) >= 11 is 0. The number of unbranched alkanes of at least 4 members (excludes halogenated alkanes) is 2. The third kappa shape index (κ3) is 4.19. The maximum absolute atomic E-state index is 12.6. The van der Waals surface area contributed by atoms with Crippen LogP contribution in [0.3, 0.4) is 0 Å². The number of nitrogens with one attached hydrogen (secondary N) is 1. The molecule has 2 aromatic carbocycles. The lowest BCUT2D eigenvalue weighted by molar-refractivity contribution is -0.116. The fourth-order valence-electron chi connectivity index (χ4n) is 4.09. The molecule has 0 saturated heterocycles. The first-order chi connectivity index (χ1) is 15.5. The Balaban J connectivity index is 1.37. The molecule has 0 atom stereocenters. The highest BCUT2D eigenvalue weighted by molar-refractivity contribution is 6.21. The van der Waals surface area contributed by atoms with Gasteiger partial charge in [-0.15, -0.1) is 0 Å². The quantitative estimate of drug-likeness (QED) is 0.415. The van der Waals surface area contributed by atoms with Gasteiger partial charge in [0.25, 0.3) is 17.7 Å². The molecular weight excluding hydrogens is 406 g/mol. The van der Waals surface area contributed by atoms with Crippen LogP contribution in [0.4, 0.5) is 0 Å². The lowest BCUT2D eigenvalue weighted by Gasteiger charge is -2.14. The summed E-state index contributed by atoms with van der Waals surface area (Å²) in [6, 6.07) is 16.5. The SMILES string of the molecule is CC(=O)CNC(=O)c1cc2ccccc2n1CCCCCN1C(=O)c2ccccc2C1=O. The van der Waals surface area contributed by atoms with Crippen LogP contribution >= 0.6 is 0 Å². The Bertz CT molecular complexity index is 1180. The number of Topliss-reactive ketones (excluding diaryl/α,β-unsaturated/α-hetero) is 1. The third-order valence-corrected chi connectivity index (χ3v) is 5.68. The number of imide groups is 1. The van der Waals surface area contributed by atoms with E-state index < -0.39 is 0 Å². The van der Waals surface area contributed by atoms with Crippen molar-refractivity contribution in [1.29, 1.82) is 0 Å². The van der Waals surface area contributed by atoms with Gasteiger partial charge in [0.1, 0.15) is 11.5 Å². The number of aromatic nitrogens is 1. The summed E-state index contributed by atoms with van der Waals surface area (Å²) < 4.78 is 1.97. The van der Waals surface area contributed by atoms with Gasteiger partial charge in [-0.3, -0.25) is 24.1 Å². The number of hydrogen-bond donors (Lipinski definition) is 1. The highest BCUT2D eigenvalue weighted by Gasteiger charge is 2.34. The zero-order chi connectivity index (χ0) is 22.7. The molecule has 4 rings (SSSR count). The molecule has 32 heavy (non-hydrogen) atoms. The average Bonchev–Trinajstić information content (AvgIpc) is 3.28. The van der Waals surface area contributed by atoms with Crippen LogP contribution in [0.15, 0.2) is 54.6 Å². The third-order valence-electron chi connectivity index (χ3n) is 5.68. The molecule has 3 amide bonds. The standard InChI is InChI=1S/C25H25N3O4/c1-17(29)16-26-23(30)22-15-18-9-3-6-12-21(18)27(22)13-7-2-8-14-28-24(31)19-10-4-5-11-20(19)25(28)32/h3-6,9-12,15H,2,7-8,13-14,16H2,1H3,(H,26,30). The molecule has 1 aliphatic rings. The monoisotopic (exact) mass is 431 g/mol. The van der Waals surface area contributed by atoms with Crippen molar-refractivity contribution in [3.05, 3.63) is 71.4 Å². The van der Waals surface area contributed by atoms with Crippen LogP contribution in [0.5, 0.6) is 0 Å². The molecule has 0 spiro atoms. The van der Waals surface area contributed by atoms with Gasteiger partial charge in [0, 0.05) is 24.0 Å². The van der Waals surface area contributed by atoms with E-state index in [2.05, 4.69) is 5.32 Å². The minimum Gasteiger partial charge on any atom is -0.344 e. The van der Waals surface area contributed by atoms with Gasteiger partial charge in [0.2, 0.25) is 0 Å². The van der Waals surface area contributed by atoms with E-state index in [1.165, 1.54) is 11.8 Å². The van der Waals surface area contributed by atoms with Gasteiger partial charge in [-0.2, -0.15) is 0 Å². The van der Waals surface area contributed by atoms with Gasteiger partial charge in [-0.1, -0.05) is 30.3 Å². The molecular formula is C25H25N3O4. The van der Waals surface area contributed by atoms with E-state index >= 15 is 0 Å². The minimum absolute atomic E-state index is 0.000634. The summed E-state index contributed by atoms with van der Waals surface area (Å²) in [6.07, 6.45) is 2.28. The zero-order valence-electron chi connectivity index (χ0n) is 18.0. The second kappa shape index (κ2) is 9.18. The molecule has 3 aromatic rings. The number of benzene rings is 2. The van der Waals surface area contributed by atoms with Crippen LogP contribution in [0.2, 0.25) is 0 Å². The maximum Gasteiger partial charge on any atom is 0.268 e. The summed E-state index contributed by atoms with van der Waals surface area (Å²) in [5.74, 6) is -0.838. The minimum atomic E-state index is -0.276. The van der Waals surface area contributed by atoms with E-state index in [4.69, 9.17) is 0 Å². The highest BCUT2D eigenvalue weighted by atomic mass is 16.2. The smallest absolute Gasteiger partial charge is 0.268 e. The van der Waals surface area contributed by atoms with Crippen molar-refractivity contribution in [3.8, 4) is 0 Å². The number of ketones is 1. The zero-order valence-corrected chi connectivity index (χ0v) is 18.0. The molecule has 0 radical (unpaired) electrons. The van der Waals surface area contributed by atoms with Crippen LogP contribution in [0.25, 0.3) is 10.9 Å². The summed E-state index contributed by atoms with van der Waals surface area (Å²) in [7, 11) is 0. The number of rotatable bonds is 9. The molecule has 7 nitrogen and oxygen atoms in total. The van der Waals surface area contributed by atoms with E-state index in [0.717, 1.165) is 23.7 Å². The first kappa shape index (κ1) is 21.5. The van der Waals surface area contributed by atoms with Crippen LogP contribution < -0.4 is 5.32 Å². The van der Waals surface area contributed by atoms with Gasteiger partial charge in [0.05, 0.1) is 17.7 Å². The van der Waals surface area contributed by atoms with Gasteiger partial charge < -0.3 is 9.88 Å². The Morgan fingerprint density at radius 3 is 2.16 bits per heavy atom. The van der Waals surface area contributed by atoms with Crippen molar-refractivity contribution >= 4 is 34.4 Å². The Morgan fingerprint density at radius 2 is 1.47 bits per heavy atom. The Kier molecular flexibility index (Phi) is 6.16. The van der Waals surface area contributed by atoms with Crippen LogP contribution in [-0.2, 0) is 11.3 Å². The molecule has 0 fully saturated rings. The van der Waals surface area contributed by atoms with Crippen molar-refractivity contribution in [2.45, 2.75) is 32.7 Å². The van der Waals surface area contributed by atoms with E-state index in [9.17, 15) is 19.2 Å². The summed E-state index contributed by atoms with van der Waals surface area (Å²) in [5, 5.41) is 3.63. The molecule has 7 heteroatoms. The lowest BCUT2D eigenvalue weighted by atomic mass is 10.1. The Morgan fingerprint density at radius 1 is 0.844 bits per heavy atom. The van der Waals surface area contributed by atoms with Crippen LogP contribution in [0, 0.1) is 0 Å². The second-order valence-electron chi connectivity index (χ2n) is 7.99. The number of hydrogen-bond acceptors (Lipinski definition) is 4. The van der Waals surface area contributed by atoms with E-state index in [1.807, 2.05) is 34.9 Å². The number of amides is 3. The molecule has 1 aromatic heterocycles. The number of carbonyl (C=O) groups is 4. The molecule has 0 aliphatic carbocycles. The van der Waals surface area contributed by atoms with Crippen molar-refractivity contribution in [2.24, 2.45) is 0 Å². The molecule has 2 heterocycles. The van der Waals surface area contributed by atoms with E-state index in [-0.39, 0.29) is 30.0 Å². The maximum atomic E-state index is 12.6. The van der Waals surface area contributed by atoms with Crippen molar-refractivity contribution in [3.63, 3.8) is 0 Å². The molecule has 0 saturated carbocycles. The number of carbonyl (C=O) groups excluding carboxylic acids is 4. The topological polar surface area (TPSA) is 88.5 Å². The Hall–Kier alpha value is -3.74. The molecule has 0 unspecified atom stereocenters. The number of fused-ring (bicyclic) bond motifs is 2. The summed E-state index contributed by atoms with van der Waals surface area (Å²) in [4.78, 5) is 50.1. The van der Waals surface area contributed by atoms with Crippen LogP contribution in [-0.4, -0.2) is 46.1 Å². The van der Waals surface area contributed by atoms with Gasteiger partial charge in [0.15, 0.2) is 0 Å². The number of aryl methyl sites for hydroxylation is 1. The average molecular weight is 431 g/mol. The molecule has 1 aliphatic heterocycles. The normalized spacial score (nSPS) is 13.0.